The normalized spacial score (nSPS) is 12.9. The molecule has 6 heteroatoms. The molecule has 0 fully saturated rings. The molecule has 0 aliphatic heterocycles. The summed E-state index contributed by atoms with van der Waals surface area (Å²) >= 11 is 0. The quantitative estimate of drug-likeness (QED) is 0.447. The molecule has 0 radical (unpaired) electrons. The molecule has 6 nitrogen and oxygen atoms in total. The standard InChI is InChI=1S/C11H24N4O2.C2H6/c1-3-8(12)11(17)15-9(10(13)16)6-4-5-7-14-2;1-2/h8-9,14H,3-7,12H2,1-2H3,(H2,13,16)(H,15,17);1-2H3/t8-,9?;/m0./s1. The number of rotatable bonds is 9. The van der Waals surface area contributed by atoms with E-state index in [4.69, 9.17) is 11.5 Å². The minimum atomic E-state index is -0.614. The summed E-state index contributed by atoms with van der Waals surface area (Å²) in [5.41, 5.74) is 10.8. The highest BCUT2D eigenvalue weighted by atomic mass is 16.2. The summed E-state index contributed by atoms with van der Waals surface area (Å²) in [6.45, 7) is 6.70. The summed E-state index contributed by atoms with van der Waals surface area (Å²) in [6, 6.07) is -1.19. The van der Waals surface area contributed by atoms with E-state index in [0.29, 0.717) is 12.8 Å². The number of carbonyl (C=O) groups is 2. The Hall–Kier alpha value is -1.14. The van der Waals surface area contributed by atoms with Crippen LogP contribution in [0.15, 0.2) is 0 Å². The van der Waals surface area contributed by atoms with Crippen LogP contribution in [-0.2, 0) is 9.59 Å². The Morgan fingerprint density at radius 3 is 2.21 bits per heavy atom. The fraction of sp³-hybridized carbons (Fsp3) is 0.846. The Balaban J connectivity index is 0. The molecule has 0 aromatic rings. The zero-order chi connectivity index (χ0) is 15.3. The van der Waals surface area contributed by atoms with E-state index >= 15 is 0 Å². The van der Waals surface area contributed by atoms with Gasteiger partial charge in [-0.3, -0.25) is 9.59 Å². The van der Waals surface area contributed by atoms with Crippen LogP contribution in [0.1, 0.15) is 46.5 Å². The smallest absolute Gasteiger partial charge is 0.240 e. The zero-order valence-corrected chi connectivity index (χ0v) is 12.7. The maximum absolute atomic E-state index is 11.5. The van der Waals surface area contributed by atoms with Gasteiger partial charge >= 0.3 is 0 Å². The summed E-state index contributed by atoms with van der Waals surface area (Å²) < 4.78 is 0. The molecule has 1 unspecified atom stereocenters. The summed E-state index contributed by atoms with van der Waals surface area (Å²) in [6.07, 6.45) is 2.86. The lowest BCUT2D eigenvalue weighted by Gasteiger charge is -2.17. The second-order valence-corrected chi connectivity index (χ2v) is 4.08. The van der Waals surface area contributed by atoms with Crippen molar-refractivity contribution < 1.29 is 9.59 Å². The number of hydrogen-bond acceptors (Lipinski definition) is 4. The molecule has 0 rings (SSSR count). The lowest BCUT2D eigenvalue weighted by molar-refractivity contribution is -0.128. The van der Waals surface area contributed by atoms with Crippen LogP contribution in [0.5, 0.6) is 0 Å². The van der Waals surface area contributed by atoms with Crippen molar-refractivity contribution in [3.8, 4) is 0 Å². The van der Waals surface area contributed by atoms with E-state index in [0.717, 1.165) is 19.4 Å². The van der Waals surface area contributed by atoms with E-state index in [1.807, 2.05) is 27.8 Å². The number of nitrogens with one attached hydrogen (secondary N) is 2. The van der Waals surface area contributed by atoms with Crippen molar-refractivity contribution in [2.45, 2.75) is 58.5 Å². The van der Waals surface area contributed by atoms with Gasteiger partial charge in [0.2, 0.25) is 11.8 Å². The predicted molar refractivity (Wildman–Crippen MR) is 78.5 cm³/mol. The SMILES string of the molecule is CC.CC[C@H](N)C(=O)NC(CCCCNC)C(N)=O. The molecule has 0 saturated heterocycles. The van der Waals surface area contributed by atoms with Crippen LogP contribution in [0.25, 0.3) is 0 Å². The molecule has 0 heterocycles. The van der Waals surface area contributed by atoms with Crippen molar-refractivity contribution in [2.75, 3.05) is 13.6 Å². The molecule has 0 aliphatic rings. The largest absolute Gasteiger partial charge is 0.368 e. The Bertz CT molecular complexity index is 247. The number of nitrogens with two attached hydrogens (primary N) is 2. The fourth-order valence-corrected chi connectivity index (χ4v) is 1.40. The maximum atomic E-state index is 11.5. The van der Waals surface area contributed by atoms with Gasteiger partial charge in [0.05, 0.1) is 6.04 Å². The first-order valence-electron chi connectivity index (χ1n) is 7.02. The van der Waals surface area contributed by atoms with Crippen LogP contribution < -0.4 is 22.1 Å². The van der Waals surface area contributed by atoms with Crippen LogP contribution in [0.2, 0.25) is 0 Å². The Labute approximate surface area is 116 Å². The Morgan fingerprint density at radius 1 is 1.21 bits per heavy atom. The molecule has 6 N–H and O–H groups in total. The number of primary amides is 1. The first-order chi connectivity index (χ1) is 9.02. The van der Waals surface area contributed by atoms with Crippen molar-refractivity contribution in [3.63, 3.8) is 0 Å². The first-order valence-corrected chi connectivity index (χ1v) is 7.02. The van der Waals surface area contributed by atoms with Gasteiger partial charge < -0.3 is 22.1 Å². The minimum Gasteiger partial charge on any atom is -0.368 e. The first kappa shape index (κ1) is 20.2. The highest BCUT2D eigenvalue weighted by Crippen LogP contribution is 2.01. The summed E-state index contributed by atoms with van der Waals surface area (Å²) in [5.74, 6) is -0.823. The van der Waals surface area contributed by atoms with Gasteiger partial charge in [-0.15, -0.1) is 0 Å². The van der Waals surface area contributed by atoms with E-state index in [9.17, 15) is 9.59 Å². The average Bonchev–Trinajstić information content (AvgIpc) is 2.42. The Kier molecular flexibility index (Phi) is 14.1. The molecule has 2 amide bonds. The van der Waals surface area contributed by atoms with Gasteiger partial charge in [0.15, 0.2) is 0 Å². The molecule has 0 aliphatic carbocycles. The molecular formula is C13H30N4O2. The Morgan fingerprint density at radius 2 is 1.79 bits per heavy atom. The second-order valence-electron chi connectivity index (χ2n) is 4.08. The lowest BCUT2D eigenvalue weighted by atomic mass is 10.1. The monoisotopic (exact) mass is 274 g/mol. The third-order valence-corrected chi connectivity index (χ3v) is 2.61. The highest BCUT2D eigenvalue weighted by molar-refractivity contribution is 5.88. The molecular weight excluding hydrogens is 244 g/mol. The molecule has 0 saturated carbocycles. The van der Waals surface area contributed by atoms with Crippen molar-refractivity contribution in [3.05, 3.63) is 0 Å². The molecule has 0 bridgehead atoms. The molecule has 0 aromatic heterocycles. The highest BCUT2D eigenvalue weighted by Gasteiger charge is 2.20. The van der Waals surface area contributed by atoms with Gasteiger partial charge in [0.25, 0.3) is 0 Å². The number of carbonyl (C=O) groups excluding carboxylic acids is 2. The van der Waals surface area contributed by atoms with Crippen LogP contribution in [0.3, 0.4) is 0 Å². The van der Waals surface area contributed by atoms with E-state index in [1.54, 1.807) is 0 Å². The molecule has 19 heavy (non-hydrogen) atoms. The minimum absolute atomic E-state index is 0.315. The lowest BCUT2D eigenvalue weighted by Crippen LogP contribution is -2.50. The van der Waals surface area contributed by atoms with E-state index in [-0.39, 0.29) is 5.91 Å². The summed E-state index contributed by atoms with van der Waals surface area (Å²) in [5, 5.41) is 5.60. The molecule has 114 valence electrons. The topological polar surface area (TPSA) is 110 Å². The van der Waals surface area contributed by atoms with Gasteiger partial charge in [-0.2, -0.15) is 0 Å². The van der Waals surface area contributed by atoms with E-state index in [2.05, 4.69) is 10.6 Å². The van der Waals surface area contributed by atoms with Gasteiger partial charge in [-0.1, -0.05) is 20.8 Å². The van der Waals surface area contributed by atoms with Crippen LogP contribution in [0, 0.1) is 0 Å². The predicted octanol–water partition coefficient (Wildman–Crippen LogP) is 0.110. The average molecular weight is 274 g/mol. The second kappa shape index (κ2) is 13.3. The van der Waals surface area contributed by atoms with Crippen molar-refractivity contribution in [1.82, 2.24) is 10.6 Å². The van der Waals surface area contributed by atoms with Crippen LogP contribution >= 0.6 is 0 Å². The number of unbranched alkanes of at least 4 members (excludes halogenated alkanes) is 1. The molecule has 0 aromatic carbocycles. The summed E-state index contributed by atoms with van der Waals surface area (Å²) in [7, 11) is 1.87. The van der Waals surface area contributed by atoms with Gasteiger partial charge in [-0.25, -0.2) is 0 Å². The number of amides is 2. The van der Waals surface area contributed by atoms with Crippen LogP contribution in [0.4, 0.5) is 0 Å². The number of hydrogen-bond donors (Lipinski definition) is 4. The van der Waals surface area contributed by atoms with Gasteiger partial charge in [-0.05, 0) is 39.3 Å². The van der Waals surface area contributed by atoms with Crippen molar-refractivity contribution in [1.29, 1.82) is 0 Å². The summed E-state index contributed by atoms with van der Waals surface area (Å²) in [4.78, 5) is 22.7. The van der Waals surface area contributed by atoms with Crippen LogP contribution in [-0.4, -0.2) is 37.5 Å². The third kappa shape index (κ3) is 10.5. The molecule has 2 atom stereocenters. The third-order valence-electron chi connectivity index (χ3n) is 2.61. The fourth-order valence-electron chi connectivity index (χ4n) is 1.40. The zero-order valence-electron chi connectivity index (χ0n) is 12.7. The van der Waals surface area contributed by atoms with Crippen molar-refractivity contribution in [2.24, 2.45) is 11.5 Å². The van der Waals surface area contributed by atoms with Gasteiger partial charge in [0.1, 0.15) is 6.04 Å². The van der Waals surface area contributed by atoms with E-state index < -0.39 is 18.0 Å². The van der Waals surface area contributed by atoms with Gasteiger partial charge in [0, 0.05) is 0 Å². The van der Waals surface area contributed by atoms with E-state index in [1.165, 1.54) is 0 Å². The van der Waals surface area contributed by atoms with Crippen molar-refractivity contribution >= 4 is 11.8 Å². The maximum Gasteiger partial charge on any atom is 0.240 e. The molecule has 0 spiro atoms.